The highest BCUT2D eigenvalue weighted by atomic mass is 16.4. The van der Waals surface area contributed by atoms with E-state index in [2.05, 4.69) is 15.5 Å². The Kier molecular flexibility index (Phi) is 3.28. The Labute approximate surface area is 99.4 Å². The van der Waals surface area contributed by atoms with Crippen LogP contribution in [0, 0.1) is 0 Å². The number of hydrogen-bond acceptors (Lipinski definition) is 6. The zero-order chi connectivity index (χ0) is 12.4. The fraction of sp³-hybridized carbons (Fsp3) is 0.700. The molecule has 1 heterocycles. The van der Waals surface area contributed by atoms with Gasteiger partial charge in [0.25, 0.3) is 0 Å². The van der Waals surface area contributed by atoms with Crippen LogP contribution in [0.3, 0.4) is 0 Å². The summed E-state index contributed by atoms with van der Waals surface area (Å²) in [5, 5.41) is 10.5. The van der Waals surface area contributed by atoms with Gasteiger partial charge < -0.3 is 20.4 Å². The van der Waals surface area contributed by atoms with Gasteiger partial charge in [0.05, 0.1) is 6.04 Å². The summed E-state index contributed by atoms with van der Waals surface area (Å²) in [6.07, 6.45) is 2.15. The Morgan fingerprint density at radius 2 is 2.35 bits per heavy atom. The van der Waals surface area contributed by atoms with Crippen molar-refractivity contribution in [3.8, 4) is 0 Å². The number of amides is 1. The largest absolute Gasteiger partial charge is 0.406 e. The standard InChI is InChI=1S/C10H17N5O2/c1-6(11)9-13-14-10(17-9)15(2)5-8(16)12-7-3-4-7/h6-7H,3-5,11H2,1-2H3,(H,12,16). The molecule has 0 aromatic carbocycles. The SMILES string of the molecule is CC(N)c1nnc(N(C)CC(=O)NC2CC2)o1. The van der Waals surface area contributed by atoms with Crippen molar-refractivity contribution in [3.05, 3.63) is 5.89 Å². The zero-order valence-corrected chi connectivity index (χ0v) is 10.0. The van der Waals surface area contributed by atoms with Crippen LogP contribution in [-0.4, -0.2) is 35.7 Å². The minimum atomic E-state index is -0.301. The molecule has 1 aliphatic carbocycles. The third-order valence-electron chi connectivity index (χ3n) is 2.47. The molecule has 2 rings (SSSR count). The van der Waals surface area contributed by atoms with Gasteiger partial charge in [0, 0.05) is 13.1 Å². The van der Waals surface area contributed by atoms with Crippen LogP contribution in [0.25, 0.3) is 0 Å². The molecule has 1 atom stereocenters. The molecule has 17 heavy (non-hydrogen) atoms. The van der Waals surface area contributed by atoms with Crippen LogP contribution < -0.4 is 16.0 Å². The number of anilines is 1. The fourth-order valence-corrected chi connectivity index (χ4v) is 1.35. The molecule has 1 aromatic rings. The summed E-state index contributed by atoms with van der Waals surface area (Å²) < 4.78 is 5.33. The number of nitrogens with zero attached hydrogens (tertiary/aromatic N) is 3. The normalized spacial score (nSPS) is 16.6. The van der Waals surface area contributed by atoms with E-state index in [0.29, 0.717) is 17.9 Å². The molecule has 1 unspecified atom stereocenters. The Balaban J connectivity index is 1.88. The highest BCUT2D eigenvalue weighted by molar-refractivity contribution is 5.81. The minimum Gasteiger partial charge on any atom is -0.406 e. The van der Waals surface area contributed by atoms with Crippen LogP contribution in [0.4, 0.5) is 6.01 Å². The molecule has 0 bridgehead atoms. The summed E-state index contributed by atoms with van der Waals surface area (Å²) in [7, 11) is 1.73. The van der Waals surface area contributed by atoms with Crippen molar-refractivity contribution in [2.24, 2.45) is 5.73 Å². The number of carbonyl (C=O) groups excluding carboxylic acids is 1. The van der Waals surface area contributed by atoms with Gasteiger partial charge in [-0.25, -0.2) is 0 Å². The van der Waals surface area contributed by atoms with Gasteiger partial charge in [0.2, 0.25) is 11.8 Å². The van der Waals surface area contributed by atoms with E-state index in [1.807, 2.05) is 0 Å². The molecule has 7 heteroatoms. The number of rotatable bonds is 5. The maximum absolute atomic E-state index is 11.6. The van der Waals surface area contributed by atoms with Crippen LogP contribution >= 0.6 is 0 Å². The zero-order valence-electron chi connectivity index (χ0n) is 10.0. The molecule has 1 aromatic heterocycles. The molecule has 0 aliphatic heterocycles. The highest BCUT2D eigenvalue weighted by Crippen LogP contribution is 2.19. The first-order chi connectivity index (χ1) is 8.06. The Hall–Kier alpha value is -1.63. The van der Waals surface area contributed by atoms with Crippen LogP contribution in [0.2, 0.25) is 0 Å². The monoisotopic (exact) mass is 239 g/mol. The molecular formula is C10H17N5O2. The third-order valence-corrected chi connectivity index (χ3v) is 2.47. The van der Waals surface area contributed by atoms with Gasteiger partial charge in [-0.3, -0.25) is 4.79 Å². The topological polar surface area (TPSA) is 97.3 Å². The highest BCUT2D eigenvalue weighted by Gasteiger charge is 2.24. The average molecular weight is 239 g/mol. The number of nitrogens with one attached hydrogen (secondary N) is 1. The molecule has 3 N–H and O–H groups in total. The first-order valence-corrected chi connectivity index (χ1v) is 5.65. The van der Waals surface area contributed by atoms with E-state index < -0.39 is 0 Å². The average Bonchev–Trinajstić information content (AvgIpc) is 2.92. The Bertz CT molecular complexity index is 399. The maximum atomic E-state index is 11.6. The number of carbonyl (C=O) groups is 1. The second-order valence-corrected chi connectivity index (χ2v) is 4.41. The molecule has 1 aliphatic rings. The Morgan fingerprint density at radius 3 is 2.88 bits per heavy atom. The number of likely N-dealkylation sites (N-methyl/N-ethyl adjacent to an activating group) is 1. The predicted octanol–water partition coefficient (Wildman–Crippen LogP) is -0.196. The predicted molar refractivity (Wildman–Crippen MR) is 61.3 cm³/mol. The van der Waals surface area contributed by atoms with Gasteiger partial charge in [-0.2, -0.15) is 0 Å². The molecular weight excluding hydrogens is 222 g/mol. The van der Waals surface area contributed by atoms with Gasteiger partial charge in [0.1, 0.15) is 6.54 Å². The summed E-state index contributed by atoms with van der Waals surface area (Å²) in [6, 6.07) is 0.367. The van der Waals surface area contributed by atoms with Crippen LogP contribution in [0.1, 0.15) is 31.7 Å². The molecule has 7 nitrogen and oxygen atoms in total. The summed E-state index contributed by atoms with van der Waals surface area (Å²) in [5.41, 5.74) is 5.61. The summed E-state index contributed by atoms with van der Waals surface area (Å²) >= 11 is 0. The molecule has 94 valence electrons. The fourth-order valence-electron chi connectivity index (χ4n) is 1.35. The summed E-state index contributed by atoms with van der Waals surface area (Å²) in [5.74, 6) is 0.338. The van der Waals surface area contributed by atoms with Crippen molar-refractivity contribution in [1.29, 1.82) is 0 Å². The first-order valence-electron chi connectivity index (χ1n) is 5.65. The van der Waals surface area contributed by atoms with Crippen molar-refractivity contribution in [3.63, 3.8) is 0 Å². The van der Waals surface area contributed by atoms with Crippen LogP contribution in [0.5, 0.6) is 0 Å². The molecule has 0 spiro atoms. The molecule has 0 saturated heterocycles. The van der Waals surface area contributed by atoms with Crippen molar-refractivity contribution in [1.82, 2.24) is 15.5 Å². The quantitative estimate of drug-likeness (QED) is 0.738. The minimum absolute atomic E-state index is 0.0319. The first kappa shape index (κ1) is 11.8. The van der Waals surface area contributed by atoms with Gasteiger partial charge in [-0.15, -0.1) is 5.10 Å². The van der Waals surface area contributed by atoms with E-state index in [-0.39, 0.29) is 18.5 Å². The van der Waals surface area contributed by atoms with Gasteiger partial charge >= 0.3 is 6.01 Å². The van der Waals surface area contributed by atoms with E-state index in [4.69, 9.17) is 10.2 Å². The smallest absolute Gasteiger partial charge is 0.318 e. The summed E-state index contributed by atoms with van der Waals surface area (Å²) in [4.78, 5) is 13.2. The number of nitrogens with two attached hydrogens (primary N) is 1. The van der Waals surface area contributed by atoms with E-state index in [9.17, 15) is 4.79 Å². The van der Waals surface area contributed by atoms with E-state index in [1.54, 1.807) is 18.9 Å². The molecule has 1 saturated carbocycles. The summed E-state index contributed by atoms with van der Waals surface area (Å²) in [6.45, 7) is 1.97. The van der Waals surface area contributed by atoms with Gasteiger partial charge in [-0.05, 0) is 19.8 Å². The second-order valence-electron chi connectivity index (χ2n) is 4.41. The third kappa shape index (κ3) is 3.16. The van der Waals surface area contributed by atoms with Gasteiger partial charge in [-0.1, -0.05) is 5.10 Å². The van der Waals surface area contributed by atoms with Crippen molar-refractivity contribution >= 4 is 11.9 Å². The van der Waals surface area contributed by atoms with Crippen molar-refractivity contribution in [2.75, 3.05) is 18.5 Å². The van der Waals surface area contributed by atoms with Crippen molar-refractivity contribution < 1.29 is 9.21 Å². The molecule has 1 amide bonds. The second kappa shape index (κ2) is 4.70. The van der Waals surface area contributed by atoms with E-state index in [1.165, 1.54) is 0 Å². The maximum Gasteiger partial charge on any atom is 0.318 e. The van der Waals surface area contributed by atoms with Crippen LogP contribution in [-0.2, 0) is 4.79 Å². The van der Waals surface area contributed by atoms with Gasteiger partial charge in [0.15, 0.2) is 0 Å². The van der Waals surface area contributed by atoms with Crippen molar-refractivity contribution in [2.45, 2.75) is 31.8 Å². The molecule has 0 radical (unpaired) electrons. The lowest BCUT2D eigenvalue weighted by Gasteiger charge is -2.13. The molecule has 1 fully saturated rings. The lowest BCUT2D eigenvalue weighted by Crippen LogP contribution is -2.36. The van der Waals surface area contributed by atoms with E-state index >= 15 is 0 Å². The Morgan fingerprint density at radius 1 is 1.65 bits per heavy atom. The lowest BCUT2D eigenvalue weighted by molar-refractivity contribution is -0.119. The van der Waals surface area contributed by atoms with Crippen LogP contribution in [0.15, 0.2) is 4.42 Å². The number of hydrogen-bond donors (Lipinski definition) is 2. The number of aromatic nitrogens is 2. The van der Waals surface area contributed by atoms with E-state index in [0.717, 1.165) is 12.8 Å². The lowest BCUT2D eigenvalue weighted by atomic mass is 10.4.